The lowest BCUT2D eigenvalue weighted by molar-refractivity contribution is -0.887. The van der Waals surface area contributed by atoms with Crippen molar-refractivity contribution in [3.63, 3.8) is 0 Å². The lowest BCUT2D eigenvalue weighted by atomic mass is 10.1. The number of carbonyl (C=O) groups excluding carboxylic acids is 2. The van der Waals surface area contributed by atoms with Gasteiger partial charge in [0.1, 0.15) is 6.61 Å². The van der Waals surface area contributed by atoms with Gasteiger partial charge < -0.3 is 23.8 Å². The van der Waals surface area contributed by atoms with Crippen molar-refractivity contribution >= 4 is 17.9 Å². The Hall–Kier alpha value is -2.19. The fourth-order valence-electron chi connectivity index (χ4n) is 4.44. The monoisotopic (exact) mass is 596 g/mol. The van der Waals surface area contributed by atoms with Gasteiger partial charge in [-0.2, -0.15) is 0 Å². The number of unbranched alkanes of at least 4 members (excludes halogenated alkanes) is 10. The van der Waals surface area contributed by atoms with Crippen LogP contribution in [0.15, 0.2) is 24.3 Å². The van der Waals surface area contributed by atoms with Gasteiger partial charge in [0, 0.05) is 19.3 Å². The number of carboxylic acid groups (broad SMARTS) is 1. The lowest BCUT2D eigenvalue weighted by Gasteiger charge is -2.31. The Morgan fingerprint density at radius 3 is 1.86 bits per heavy atom. The topological polar surface area (TPSA) is 99.1 Å². The first-order valence-electron chi connectivity index (χ1n) is 16.4. The van der Waals surface area contributed by atoms with Crippen molar-refractivity contribution < 1.29 is 38.2 Å². The molecule has 0 amide bonds. The molecule has 0 saturated carbocycles. The van der Waals surface area contributed by atoms with Crippen molar-refractivity contribution in [1.82, 2.24) is 0 Å². The summed E-state index contributed by atoms with van der Waals surface area (Å²) in [5.74, 6) is -1.56. The molecule has 0 aliphatic heterocycles. The van der Waals surface area contributed by atoms with Crippen LogP contribution in [-0.2, 0) is 28.6 Å². The van der Waals surface area contributed by atoms with E-state index in [2.05, 4.69) is 32.1 Å². The second kappa shape index (κ2) is 26.4. The number of carboxylic acids is 1. The first kappa shape index (κ1) is 39.8. The van der Waals surface area contributed by atoms with Crippen LogP contribution in [0.25, 0.3) is 0 Å². The van der Waals surface area contributed by atoms with Crippen LogP contribution in [-0.4, -0.2) is 80.6 Å². The summed E-state index contributed by atoms with van der Waals surface area (Å²) >= 11 is 0. The molecule has 2 atom stereocenters. The third-order valence-corrected chi connectivity index (χ3v) is 7.09. The average Bonchev–Trinajstić information content (AvgIpc) is 2.92. The van der Waals surface area contributed by atoms with Crippen LogP contribution in [0.3, 0.4) is 0 Å². The predicted octanol–water partition coefficient (Wildman–Crippen LogP) is 7.40. The highest BCUT2D eigenvalue weighted by molar-refractivity contribution is 5.72. The fourth-order valence-corrected chi connectivity index (χ4v) is 4.44. The number of ether oxygens (including phenoxy) is 3. The molecular weight excluding hydrogens is 534 g/mol. The number of nitrogens with zero attached hydrogens (tertiary/aromatic N) is 1. The Bertz CT molecular complexity index is 757. The van der Waals surface area contributed by atoms with Crippen LogP contribution < -0.4 is 0 Å². The Kier molecular flexibility index (Phi) is 25.1. The molecule has 0 fully saturated rings. The Labute approximate surface area is 256 Å². The molecule has 42 heavy (non-hydrogen) atoms. The number of aliphatic carboxylic acids is 1. The molecule has 1 N–H and O–H groups in total. The minimum absolute atomic E-state index is 0.0462. The largest absolute Gasteiger partial charge is 0.477 e. The highest BCUT2D eigenvalue weighted by Gasteiger charge is 2.31. The molecule has 2 unspecified atom stereocenters. The molecule has 0 aromatic heterocycles. The van der Waals surface area contributed by atoms with E-state index in [1.807, 2.05) is 27.2 Å². The lowest BCUT2D eigenvalue weighted by Crippen LogP contribution is -2.50. The van der Waals surface area contributed by atoms with Crippen LogP contribution in [0.1, 0.15) is 123 Å². The van der Waals surface area contributed by atoms with E-state index in [4.69, 9.17) is 14.2 Å². The SMILES string of the molecule is CCCC/C=C/CCCCCCC(=O)OC(COCCC(C(=O)O)[N+](C)(C)C)COC(=O)CC/C=C/CCCCCC. The summed E-state index contributed by atoms with van der Waals surface area (Å²) in [5.41, 5.74) is 0. The number of esters is 2. The summed E-state index contributed by atoms with van der Waals surface area (Å²) in [4.78, 5) is 36.4. The van der Waals surface area contributed by atoms with E-state index in [-0.39, 0.29) is 42.7 Å². The normalized spacial score (nSPS) is 13.5. The quantitative estimate of drug-likeness (QED) is 0.0435. The van der Waals surface area contributed by atoms with Gasteiger partial charge in [-0.25, -0.2) is 4.79 Å². The average molecular weight is 597 g/mol. The summed E-state index contributed by atoms with van der Waals surface area (Å²) in [6.45, 7) is 4.56. The Balaban J connectivity index is 4.57. The minimum Gasteiger partial charge on any atom is -0.477 e. The molecule has 0 aromatic carbocycles. The first-order valence-corrected chi connectivity index (χ1v) is 16.4. The molecule has 244 valence electrons. The molecule has 0 aromatic rings. The van der Waals surface area contributed by atoms with Gasteiger partial charge in [0.2, 0.25) is 0 Å². The molecular formula is C34H62NO7+. The van der Waals surface area contributed by atoms with Crippen LogP contribution >= 0.6 is 0 Å². The van der Waals surface area contributed by atoms with Crippen LogP contribution in [0, 0.1) is 0 Å². The predicted molar refractivity (Wildman–Crippen MR) is 169 cm³/mol. The molecule has 0 heterocycles. The Morgan fingerprint density at radius 2 is 1.26 bits per heavy atom. The van der Waals surface area contributed by atoms with Gasteiger partial charge in [-0.1, -0.05) is 83.1 Å². The molecule has 0 spiro atoms. The van der Waals surface area contributed by atoms with E-state index in [1.54, 1.807) is 0 Å². The first-order chi connectivity index (χ1) is 20.1. The van der Waals surface area contributed by atoms with Crippen molar-refractivity contribution in [3.05, 3.63) is 24.3 Å². The summed E-state index contributed by atoms with van der Waals surface area (Å²) in [6, 6.07) is -0.615. The highest BCUT2D eigenvalue weighted by atomic mass is 16.6. The number of rotatable bonds is 28. The maximum absolute atomic E-state index is 12.5. The molecule has 0 radical (unpaired) electrons. The number of allylic oxidation sites excluding steroid dienone is 4. The number of quaternary nitrogens is 1. The summed E-state index contributed by atoms with van der Waals surface area (Å²) in [6.07, 6.45) is 23.9. The zero-order valence-electron chi connectivity index (χ0n) is 27.5. The zero-order valence-corrected chi connectivity index (χ0v) is 27.5. The van der Waals surface area contributed by atoms with Crippen LogP contribution in [0.5, 0.6) is 0 Å². The van der Waals surface area contributed by atoms with E-state index in [9.17, 15) is 19.5 Å². The number of carbonyl (C=O) groups is 3. The number of likely N-dealkylation sites (N-methyl/N-ethyl adjacent to an activating group) is 1. The van der Waals surface area contributed by atoms with Crippen LogP contribution in [0.2, 0.25) is 0 Å². The van der Waals surface area contributed by atoms with Crippen molar-refractivity contribution in [2.45, 2.75) is 135 Å². The van der Waals surface area contributed by atoms with E-state index < -0.39 is 18.1 Å². The second-order valence-corrected chi connectivity index (χ2v) is 12.1. The zero-order chi connectivity index (χ0) is 31.5. The van der Waals surface area contributed by atoms with Crippen LogP contribution in [0.4, 0.5) is 0 Å². The highest BCUT2D eigenvalue weighted by Crippen LogP contribution is 2.11. The molecule has 0 bridgehead atoms. The van der Waals surface area contributed by atoms with Gasteiger partial charge in [-0.3, -0.25) is 9.59 Å². The summed E-state index contributed by atoms with van der Waals surface area (Å²) in [7, 11) is 5.48. The fraction of sp³-hybridized carbons (Fsp3) is 0.794. The summed E-state index contributed by atoms with van der Waals surface area (Å²) in [5, 5.41) is 9.52. The number of hydrogen-bond acceptors (Lipinski definition) is 6. The van der Waals surface area contributed by atoms with E-state index in [0.717, 1.165) is 44.9 Å². The van der Waals surface area contributed by atoms with E-state index >= 15 is 0 Å². The molecule has 0 rings (SSSR count). The molecule has 0 aliphatic rings. The molecule has 8 heteroatoms. The van der Waals surface area contributed by atoms with Crippen molar-refractivity contribution in [1.29, 1.82) is 0 Å². The van der Waals surface area contributed by atoms with Gasteiger partial charge in [0.05, 0.1) is 34.4 Å². The van der Waals surface area contributed by atoms with E-state index in [0.29, 0.717) is 19.3 Å². The van der Waals surface area contributed by atoms with Gasteiger partial charge in [0.15, 0.2) is 12.1 Å². The van der Waals surface area contributed by atoms with E-state index in [1.165, 1.54) is 38.5 Å². The number of hydrogen-bond donors (Lipinski definition) is 1. The third-order valence-electron chi connectivity index (χ3n) is 7.09. The van der Waals surface area contributed by atoms with Gasteiger partial charge in [0.25, 0.3) is 0 Å². The van der Waals surface area contributed by atoms with Gasteiger partial charge >= 0.3 is 17.9 Å². The molecule has 8 nitrogen and oxygen atoms in total. The second-order valence-electron chi connectivity index (χ2n) is 12.1. The van der Waals surface area contributed by atoms with Gasteiger partial charge in [-0.15, -0.1) is 0 Å². The molecule has 0 saturated heterocycles. The van der Waals surface area contributed by atoms with Crippen molar-refractivity contribution in [2.24, 2.45) is 0 Å². The minimum atomic E-state index is -0.884. The smallest absolute Gasteiger partial charge is 0.362 e. The Morgan fingerprint density at radius 1 is 0.690 bits per heavy atom. The van der Waals surface area contributed by atoms with Crippen molar-refractivity contribution in [2.75, 3.05) is 41.0 Å². The third kappa shape index (κ3) is 24.4. The summed E-state index contributed by atoms with van der Waals surface area (Å²) < 4.78 is 17.0. The van der Waals surface area contributed by atoms with Gasteiger partial charge in [-0.05, 0) is 44.9 Å². The maximum atomic E-state index is 12.5. The molecule has 0 aliphatic carbocycles. The standard InChI is InChI=1S/C34H61NO7/c1-6-8-10-12-14-16-17-19-21-23-25-33(37)42-30(28-40-27-26-31(34(38)39)35(3,4)5)29-41-32(36)24-22-20-18-15-13-11-9-7-2/h12,14,18,20,30-31H,6-11,13,15-17,19,21-29H2,1-5H3/p+1/b14-12+,20-18+. The van der Waals surface area contributed by atoms with Crippen molar-refractivity contribution in [3.8, 4) is 0 Å². The maximum Gasteiger partial charge on any atom is 0.362 e.